The SMILES string of the molecule is CCOC(=O)c1ccc(N2C(=O)C(NC(=O)c3ccc(C)cc3)(C(F)(F)F)C3=C2CC(C)(C)CC3=O)cc1. The number of benzene rings is 2. The second kappa shape index (κ2) is 9.41. The Morgan fingerprint density at radius 3 is 2.11 bits per heavy atom. The number of hydrogen-bond acceptors (Lipinski definition) is 5. The predicted octanol–water partition coefficient (Wildman–Crippen LogP) is 4.89. The maximum atomic E-state index is 15.0. The molecule has 38 heavy (non-hydrogen) atoms. The Hall–Kier alpha value is -3.95. The van der Waals surface area contributed by atoms with E-state index in [2.05, 4.69) is 0 Å². The molecule has 0 spiro atoms. The van der Waals surface area contributed by atoms with Gasteiger partial charge in [0.2, 0.25) is 5.54 Å². The molecule has 2 aromatic carbocycles. The van der Waals surface area contributed by atoms with Crippen molar-refractivity contribution in [3.05, 3.63) is 76.5 Å². The molecule has 7 nitrogen and oxygen atoms in total. The summed E-state index contributed by atoms with van der Waals surface area (Å²) in [5, 5.41) is 1.91. The maximum absolute atomic E-state index is 15.0. The van der Waals surface area contributed by atoms with E-state index < -0.39 is 46.3 Å². The minimum absolute atomic E-state index is 0.0162. The molecule has 1 N–H and O–H groups in total. The van der Waals surface area contributed by atoms with Gasteiger partial charge in [0.15, 0.2) is 5.78 Å². The van der Waals surface area contributed by atoms with Crippen molar-refractivity contribution < 1.29 is 37.1 Å². The number of hydrogen-bond donors (Lipinski definition) is 1. The third kappa shape index (κ3) is 4.48. The second-order valence-electron chi connectivity index (χ2n) is 10.2. The molecule has 1 unspecified atom stereocenters. The van der Waals surface area contributed by atoms with Gasteiger partial charge in [0.05, 0.1) is 17.7 Å². The molecule has 0 saturated carbocycles. The number of nitrogens with one attached hydrogen (secondary N) is 1. The van der Waals surface area contributed by atoms with Gasteiger partial charge in [-0.05, 0) is 62.1 Å². The highest BCUT2D eigenvalue weighted by Crippen LogP contribution is 2.52. The molecule has 2 amide bonds. The van der Waals surface area contributed by atoms with Crippen LogP contribution < -0.4 is 10.2 Å². The van der Waals surface area contributed by atoms with Crippen molar-refractivity contribution in [2.75, 3.05) is 11.5 Å². The molecular formula is C28H27F3N2O5. The van der Waals surface area contributed by atoms with Gasteiger partial charge < -0.3 is 10.1 Å². The van der Waals surface area contributed by atoms with Crippen LogP contribution in [-0.4, -0.2) is 41.9 Å². The Labute approximate surface area is 217 Å². The van der Waals surface area contributed by atoms with Crippen LogP contribution in [-0.2, 0) is 14.3 Å². The number of alkyl halides is 3. The highest BCUT2D eigenvalue weighted by atomic mass is 19.4. The number of nitrogens with zero attached hydrogens (tertiary/aromatic N) is 1. The van der Waals surface area contributed by atoms with Crippen LogP contribution in [0.25, 0.3) is 0 Å². The molecule has 0 aromatic heterocycles. The number of esters is 1. The van der Waals surface area contributed by atoms with E-state index in [1.165, 1.54) is 36.4 Å². The lowest BCUT2D eigenvalue weighted by atomic mass is 9.72. The third-order valence-corrected chi connectivity index (χ3v) is 6.70. The predicted molar refractivity (Wildman–Crippen MR) is 132 cm³/mol. The molecule has 4 rings (SSSR count). The zero-order valence-electron chi connectivity index (χ0n) is 21.4. The molecular weight excluding hydrogens is 501 g/mol. The summed E-state index contributed by atoms with van der Waals surface area (Å²) in [6, 6.07) is 11.1. The van der Waals surface area contributed by atoms with Gasteiger partial charge in [-0.1, -0.05) is 31.5 Å². The summed E-state index contributed by atoms with van der Waals surface area (Å²) in [5.74, 6) is -4.14. The molecule has 0 fully saturated rings. The molecule has 0 bridgehead atoms. The number of aryl methyl sites for hydroxylation is 1. The molecule has 0 saturated heterocycles. The summed E-state index contributed by atoms with van der Waals surface area (Å²) in [6.07, 6.45) is -5.58. The van der Waals surface area contributed by atoms with E-state index in [0.717, 1.165) is 10.5 Å². The number of carbonyl (C=O) groups is 4. The molecule has 1 heterocycles. The number of ether oxygens (including phenoxy) is 1. The highest BCUT2D eigenvalue weighted by Gasteiger charge is 2.72. The normalized spacial score (nSPS) is 20.9. The minimum atomic E-state index is -5.33. The van der Waals surface area contributed by atoms with Gasteiger partial charge in [-0.25, -0.2) is 4.79 Å². The largest absolute Gasteiger partial charge is 0.462 e. The first-order valence-electron chi connectivity index (χ1n) is 12.1. The van der Waals surface area contributed by atoms with E-state index >= 15 is 0 Å². The fraction of sp³-hybridized carbons (Fsp3) is 0.357. The van der Waals surface area contributed by atoms with Crippen molar-refractivity contribution in [3.8, 4) is 0 Å². The van der Waals surface area contributed by atoms with Crippen LogP contribution in [0.1, 0.15) is 59.9 Å². The number of allylic oxidation sites excluding steroid dienone is 1. The average Bonchev–Trinajstić information content (AvgIpc) is 3.07. The average molecular weight is 529 g/mol. The first kappa shape index (κ1) is 27.1. The summed E-state index contributed by atoms with van der Waals surface area (Å²) in [4.78, 5) is 53.1. The van der Waals surface area contributed by atoms with E-state index in [-0.39, 0.29) is 42.0 Å². The minimum Gasteiger partial charge on any atom is -0.462 e. The summed E-state index contributed by atoms with van der Waals surface area (Å²) in [7, 11) is 0. The number of halogens is 3. The van der Waals surface area contributed by atoms with E-state index in [4.69, 9.17) is 4.74 Å². The number of ketones is 1. The van der Waals surface area contributed by atoms with Crippen LogP contribution in [0.15, 0.2) is 59.8 Å². The summed E-state index contributed by atoms with van der Waals surface area (Å²) < 4.78 is 49.9. The van der Waals surface area contributed by atoms with Gasteiger partial charge in [-0.15, -0.1) is 0 Å². The van der Waals surface area contributed by atoms with Gasteiger partial charge in [0.1, 0.15) is 0 Å². The molecule has 1 aliphatic heterocycles. The number of Topliss-reactive ketones (excluding diaryl/α,β-unsaturated/α-hetero) is 1. The summed E-state index contributed by atoms with van der Waals surface area (Å²) in [5.41, 5.74) is -4.33. The molecule has 0 radical (unpaired) electrons. The first-order chi connectivity index (χ1) is 17.7. The Morgan fingerprint density at radius 1 is 0.974 bits per heavy atom. The van der Waals surface area contributed by atoms with Crippen LogP contribution in [0.5, 0.6) is 0 Å². The van der Waals surface area contributed by atoms with Crippen LogP contribution in [0.2, 0.25) is 0 Å². The first-order valence-corrected chi connectivity index (χ1v) is 12.1. The van der Waals surface area contributed by atoms with Gasteiger partial charge in [-0.2, -0.15) is 13.2 Å². The topological polar surface area (TPSA) is 92.8 Å². The number of carbonyl (C=O) groups excluding carboxylic acids is 4. The van der Waals surface area contributed by atoms with Crippen LogP contribution in [0.3, 0.4) is 0 Å². The fourth-order valence-electron chi connectivity index (χ4n) is 4.93. The van der Waals surface area contributed by atoms with Crippen molar-refractivity contribution in [2.45, 2.75) is 52.3 Å². The molecule has 200 valence electrons. The second-order valence-corrected chi connectivity index (χ2v) is 10.2. The molecule has 1 aliphatic carbocycles. The monoisotopic (exact) mass is 528 g/mol. The van der Waals surface area contributed by atoms with Gasteiger partial charge in [0, 0.05) is 23.4 Å². The smallest absolute Gasteiger partial charge is 0.425 e. The van der Waals surface area contributed by atoms with Crippen LogP contribution >= 0.6 is 0 Å². The van der Waals surface area contributed by atoms with E-state index in [0.29, 0.717) is 0 Å². The maximum Gasteiger partial charge on any atom is 0.425 e. The third-order valence-electron chi connectivity index (χ3n) is 6.70. The van der Waals surface area contributed by atoms with Crippen molar-refractivity contribution >= 4 is 29.3 Å². The van der Waals surface area contributed by atoms with Gasteiger partial charge >= 0.3 is 12.1 Å². The Bertz CT molecular complexity index is 1340. The summed E-state index contributed by atoms with van der Waals surface area (Å²) >= 11 is 0. The number of anilines is 1. The van der Waals surface area contributed by atoms with E-state index in [1.807, 2.05) is 5.32 Å². The van der Waals surface area contributed by atoms with Crippen LogP contribution in [0.4, 0.5) is 18.9 Å². The number of rotatable bonds is 5. The lowest BCUT2D eigenvalue weighted by Crippen LogP contribution is -2.66. The Balaban J connectivity index is 1.87. The van der Waals surface area contributed by atoms with Crippen molar-refractivity contribution in [1.29, 1.82) is 0 Å². The standard InChI is InChI=1S/C28H27F3N2O5/c1-5-38-24(36)18-10-12-19(13-11-18)33-20-14-26(3,4)15-21(34)22(20)27(25(33)37,28(29,30)31)32-23(35)17-8-6-16(2)7-9-17/h6-13H,5,14-15H2,1-4H3,(H,32,35). The zero-order chi connectivity index (χ0) is 28.0. The Morgan fingerprint density at radius 2 is 1.55 bits per heavy atom. The number of amides is 2. The van der Waals surface area contributed by atoms with Crippen molar-refractivity contribution in [2.24, 2.45) is 5.41 Å². The molecule has 2 aromatic rings. The van der Waals surface area contributed by atoms with E-state index in [1.54, 1.807) is 39.8 Å². The molecule has 2 aliphatic rings. The van der Waals surface area contributed by atoms with Crippen molar-refractivity contribution in [1.82, 2.24) is 5.32 Å². The van der Waals surface area contributed by atoms with Gasteiger partial charge in [-0.3, -0.25) is 19.3 Å². The zero-order valence-corrected chi connectivity index (χ0v) is 21.4. The lowest BCUT2D eigenvalue weighted by molar-refractivity contribution is -0.186. The van der Waals surface area contributed by atoms with Gasteiger partial charge in [0.25, 0.3) is 11.8 Å². The molecule has 1 atom stereocenters. The van der Waals surface area contributed by atoms with E-state index in [9.17, 15) is 32.3 Å². The molecule has 10 heteroatoms. The quantitative estimate of drug-likeness (QED) is 0.558. The highest BCUT2D eigenvalue weighted by molar-refractivity contribution is 6.21. The summed E-state index contributed by atoms with van der Waals surface area (Å²) in [6.45, 7) is 6.96. The van der Waals surface area contributed by atoms with Crippen LogP contribution in [0, 0.1) is 12.3 Å². The Kier molecular flexibility index (Phi) is 6.71. The van der Waals surface area contributed by atoms with Crippen molar-refractivity contribution in [3.63, 3.8) is 0 Å². The fourth-order valence-corrected chi connectivity index (χ4v) is 4.93. The lowest BCUT2D eigenvalue weighted by Gasteiger charge is -2.35.